The van der Waals surface area contributed by atoms with Crippen molar-refractivity contribution in [3.63, 3.8) is 0 Å². The fraction of sp³-hybridized carbons (Fsp3) is 0.448. The SMILES string of the molecule is C.CC.CC(C)C(C=O)NC(=O)CCCCCN1C(=O)C(C)(C)C1=O.CCC.CNCC(=O)Nc1ccc(C2=CN3C(=O)c4cc(OC)c(OCCCOc5cc6c(cc5OC)C(=O)N5C=C(c7ccc(OC)cc7)CC5C=N6)cc4N=CC3C2)cc1. The van der Waals surface area contributed by atoms with Crippen molar-refractivity contribution in [2.24, 2.45) is 21.3 Å². The first-order valence-electron chi connectivity index (χ1n) is 29.5. The van der Waals surface area contributed by atoms with E-state index in [1.54, 1.807) is 74.5 Å². The molecule has 0 spiro atoms. The van der Waals surface area contributed by atoms with Crippen molar-refractivity contribution < 1.29 is 57.2 Å². The van der Waals surface area contributed by atoms with Crippen LogP contribution in [0.2, 0.25) is 0 Å². The maximum Gasteiger partial charge on any atom is 0.260 e. The van der Waals surface area contributed by atoms with Gasteiger partial charge in [-0.25, -0.2) is 0 Å². The van der Waals surface area contributed by atoms with E-state index in [9.17, 15) is 33.6 Å². The van der Waals surface area contributed by atoms with Crippen molar-refractivity contribution in [3.8, 4) is 28.7 Å². The van der Waals surface area contributed by atoms with Crippen LogP contribution in [0.15, 0.2) is 95.2 Å². The predicted molar refractivity (Wildman–Crippen MR) is 341 cm³/mol. The van der Waals surface area contributed by atoms with Crippen LogP contribution in [0.25, 0.3) is 11.1 Å². The lowest BCUT2D eigenvalue weighted by molar-refractivity contribution is -0.174. The molecular formula is C67H88N8O12. The molecule has 468 valence electrons. The second kappa shape index (κ2) is 32.7. The lowest BCUT2D eigenvalue weighted by Gasteiger charge is -2.41. The van der Waals surface area contributed by atoms with Gasteiger partial charge in [-0.1, -0.05) is 86.1 Å². The van der Waals surface area contributed by atoms with Gasteiger partial charge in [-0.3, -0.25) is 43.7 Å². The number of ether oxygens (including phenoxy) is 5. The van der Waals surface area contributed by atoms with Gasteiger partial charge in [0, 0.05) is 74.9 Å². The van der Waals surface area contributed by atoms with Gasteiger partial charge in [0.05, 0.1) is 81.7 Å². The van der Waals surface area contributed by atoms with Crippen molar-refractivity contribution in [2.75, 3.05) is 60.0 Å². The van der Waals surface area contributed by atoms with Gasteiger partial charge in [-0.2, -0.15) is 0 Å². The van der Waals surface area contributed by atoms with Gasteiger partial charge in [-0.15, -0.1) is 0 Å². The van der Waals surface area contributed by atoms with Crippen molar-refractivity contribution in [1.29, 1.82) is 0 Å². The van der Waals surface area contributed by atoms with Crippen LogP contribution in [0.4, 0.5) is 17.1 Å². The number of aldehydes is 1. The second-order valence-electron chi connectivity index (χ2n) is 21.7. The van der Waals surface area contributed by atoms with Crippen LogP contribution in [-0.4, -0.2) is 142 Å². The van der Waals surface area contributed by atoms with Crippen LogP contribution in [0.5, 0.6) is 28.7 Å². The Labute approximate surface area is 512 Å². The molecule has 3 unspecified atom stereocenters. The molecule has 5 heterocycles. The van der Waals surface area contributed by atoms with Crippen LogP contribution < -0.4 is 39.6 Å². The Morgan fingerprint density at radius 3 is 1.60 bits per heavy atom. The van der Waals surface area contributed by atoms with Crippen molar-refractivity contribution >= 4 is 82.4 Å². The summed E-state index contributed by atoms with van der Waals surface area (Å²) in [6.07, 6.45) is 13.6. The van der Waals surface area contributed by atoms with E-state index >= 15 is 0 Å². The highest BCUT2D eigenvalue weighted by Crippen LogP contribution is 2.42. The summed E-state index contributed by atoms with van der Waals surface area (Å²) in [5.74, 6) is 1.74. The van der Waals surface area contributed by atoms with Crippen LogP contribution >= 0.6 is 0 Å². The number of nitrogens with zero attached hydrogens (tertiary/aromatic N) is 5. The first-order chi connectivity index (χ1) is 41.4. The first-order valence-corrected chi connectivity index (χ1v) is 29.5. The molecule has 0 aliphatic carbocycles. The van der Waals surface area contributed by atoms with E-state index in [0.29, 0.717) is 103 Å². The highest BCUT2D eigenvalue weighted by atomic mass is 16.5. The summed E-state index contributed by atoms with van der Waals surface area (Å²) < 4.78 is 28.9. The molecular weight excluding hydrogens is 1110 g/mol. The zero-order chi connectivity index (χ0) is 62.7. The molecule has 4 aromatic rings. The number of fused-ring (bicyclic) bond motifs is 4. The Kier molecular flexibility index (Phi) is 26.0. The number of carbonyl (C=O) groups is 7. The maximum atomic E-state index is 13.8. The standard InChI is InChI=1S/C45H44N6O8.C16H26N2O4.C3H8.C2H6.CH4/c1-46-24-43(52)49-31-10-6-27(7-11-31)29-16-32-22-47-37-20-41(39(56-3)18-35(37)44(53)50(32)25-29)58-14-5-15-59-42-21-38-36(19-40(42)57-4)45(54)51-26-30(17-33(51)23-48-38)28-8-12-34(55-2)13-9-28;1-11(2)12(10-19)17-13(20)8-6-5-7-9-18-14(21)16(3,4)15(18)22;1-3-2;1-2;/h6-13,18-23,25-26,32-33,46H,5,14-17,24H2,1-4H3,(H,49,52);10-12H,5-9H2,1-4H3,(H,17,20);3H2,1-2H3;1-2H3;1H4. The lowest BCUT2D eigenvalue weighted by Crippen LogP contribution is -2.63. The van der Waals surface area contributed by atoms with E-state index in [4.69, 9.17) is 33.7 Å². The largest absolute Gasteiger partial charge is 0.497 e. The number of imide groups is 1. The summed E-state index contributed by atoms with van der Waals surface area (Å²) in [6, 6.07) is 21.2. The van der Waals surface area contributed by atoms with Gasteiger partial charge in [0.2, 0.25) is 23.6 Å². The first kappa shape index (κ1) is 69.1. The average Bonchev–Trinajstić information content (AvgIpc) is 1.98. The van der Waals surface area contributed by atoms with Crippen molar-refractivity contribution in [1.82, 2.24) is 25.3 Å². The monoisotopic (exact) mass is 1200 g/mol. The van der Waals surface area contributed by atoms with E-state index in [1.165, 1.54) is 25.5 Å². The van der Waals surface area contributed by atoms with Crippen LogP contribution in [0.3, 0.4) is 0 Å². The summed E-state index contributed by atoms with van der Waals surface area (Å²) in [6.45, 7) is 16.5. The quantitative estimate of drug-likeness (QED) is 0.0272. The highest BCUT2D eigenvalue weighted by Gasteiger charge is 2.53. The topological polar surface area (TPSA) is 236 Å². The highest BCUT2D eigenvalue weighted by molar-refractivity contribution is 6.21. The van der Waals surface area contributed by atoms with E-state index in [1.807, 2.05) is 88.6 Å². The van der Waals surface area contributed by atoms with Gasteiger partial charge < -0.3 is 54.2 Å². The number of aliphatic imine (C=N–C) groups is 2. The molecule has 20 nitrogen and oxygen atoms in total. The summed E-state index contributed by atoms with van der Waals surface area (Å²) in [5.41, 5.74) is 5.68. The summed E-state index contributed by atoms with van der Waals surface area (Å²) in [5, 5.41) is 8.37. The van der Waals surface area contributed by atoms with Gasteiger partial charge in [0.1, 0.15) is 17.5 Å². The summed E-state index contributed by atoms with van der Waals surface area (Å²) in [4.78, 5) is 99.5. The average molecular weight is 1200 g/mol. The zero-order valence-corrected chi connectivity index (χ0v) is 51.7. The van der Waals surface area contributed by atoms with Crippen LogP contribution in [0, 0.1) is 11.3 Å². The van der Waals surface area contributed by atoms with Crippen LogP contribution in [-0.2, 0) is 24.0 Å². The van der Waals surface area contributed by atoms with Crippen molar-refractivity contribution in [2.45, 2.75) is 132 Å². The number of hydrogen-bond acceptors (Lipinski definition) is 15. The molecule has 5 aliphatic rings. The molecule has 0 bridgehead atoms. The molecule has 1 fully saturated rings. The van der Waals surface area contributed by atoms with Gasteiger partial charge in [-0.05, 0) is 98.3 Å². The van der Waals surface area contributed by atoms with Gasteiger partial charge >= 0.3 is 0 Å². The van der Waals surface area contributed by atoms with E-state index < -0.39 is 11.5 Å². The van der Waals surface area contributed by atoms with Crippen molar-refractivity contribution in [3.05, 3.63) is 107 Å². The van der Waals surface area contributed by atoms with E-state index in [-0.39, 0.29) is 74.0 Å². The Morgan fingerprint density at radius 2 is 1.16 bits per heavy atom. The molecule has 3 atom stereocenters. The number of likely N-dealkylation sites (tertiary alicyclic amines) is 1. The number of anilines is 1. The summed E-state index contributed by atoms with van der Waals surface area (Å²) in [7, 11) is 6.42. The number of carbonyl (C=O) groups excluding carboxylic acids is 7. The predicted octanol–water partition coefficient (Wildman–Crippen LogP) is 11.0. The van der Waals surface area contributed by atoms with Gasteiger partial charge in [0.15, 0.2) is 23.0 Å². The Balaban J connectivity index is 0.000000414. The third-order valence-corrected chi connectivity index (χ3v) is 14.6. The third-order valence-electron chi connectivity index (χ3n) is 14.6. The number of likely N-dealkylation sites (N-methyl/N-ethyl adjacent to an activating group) is 1. The zero-order valence-electron chi connectivity index (χ0n) is 51.7. The lowest BCUT2D eigenvalue weighted by atomic mass is 9.82. The molecule has 6 amide bonds. The number of hydrogen-bond donors (Lipinski definition) is 3. The van der Waals surface area contributed by atoms with Gasteiger partial charge in [0.25, 0.3) is 11.8 Å². The Bertz CT molecular complexity index is 3170. The number of rotatable bonds is 23. The number of β-lactam (4-membered cyclic amide) rings is 2. The second-order valence-corrected chi connectivity index (χ2v) is 21.7. The van der Waals surface area contributed by atoms with Crippen LogP contribution in [0.1, 0.15) is 146 Å². The number of amides is 6. The minimum Gasteiger partial charge on any atom is -0.497 e. The molecule has 0 aromatic heterocycles. The smallest absolute Gasteiger partial charge is 0.260 e. The molecule has 20 heteroatoms. The van der Waals surface area contributed by atoms with E-state index in [2.05, 4.69) is 29.8 Å². The Hall–Kier alpha value is -8.65. The minimum atomic E-state index is -0.861. The Morgan fingerprint density at radius 1 is 0.678 bits per heavy atom. The van der Waals surface area contributed by atoms with E-state index in [0.717, 1.165) is 40.7 Å². The molecule has 87 heavy (non-hydrogen) atoms. The molecule has 1 saturated heterocycles. The number of benzene rings is 4. The molecule has 0 radical (unpaired) electrons. The molecule has 5 aliphatic heterocycles. The molecule has 3 N–H and O–H groups in total. The normalized spacial score (nSPS) is 16.7. The number of nitrogens with one attached hydrogen (secondary N) is 3. The third kappa shape index (κ3) is 17.1. The molecule has 0 saturated carbocycles. The fourth-order valence-electron chi connectivity index (χ4n) is 9.86. The summed E-state index contributed by atoms with van der Waals surface area (Å²) >= 11 is 0. The molecule has 9 rings (SSSR count). The molecule has 4 aromatic carbocycles. The number of methoxy groups -OCH3 is 3. The number of unbranched alkanes of at least 4 members (excludes halogenated alkanes) is 2. The minimum absolute atomic E-state index is 0. The maximum absolute atomic E-state index is 13.8. The fourth-order valence-corrected chi connectivity index (χ4v) is 9.86.